The van der Waals surface area contributed by atoms with Crippen molar-refractivity contribution in [3.63, 3.8) is 0 Å². The van der Waals surface area contributed by atoms with Crippen LogP contribution in [-0.2, 0) is 4.74 Å². The Kier molecular flexibility index (Phi) is 5.50. The van der Waals surface area contributed by atoms with Gasteiger partial charge in [-0.25, -0.2) is 0 Å². The highest BCUT2D eigenvalue weighted by molar-refractivity contribution is 5.18. The minimum absolute atomic E-state index is 0.208. The van der Waals surface area contributed by atoms with Crippen molar-refractivity contribution in [2.75, 3.05) is 7.11 Å². The Labute approximate surface area is 98.3 Å². The maximum atomic E-state index is 10.1. The van der Waals surface area contributed by atoms with Gasteiger partial charge in [0.2, 0.25) is 0 Å². The largest absolute Gasteiger partial charge is 0.390 e. The molecule has 1 aromatic carbocycles. The quantitative estimate of drug-likeness (QED) is 0.801. The molecule has 1 aromatic rings. The van der Waals surface area contributed by atoms with E-state index in [1.165, 1.54) is 0 Å². The van der Waals surface area contributed by atoms with Crippen LogP contribution in [0.25, 0.3) is 0 Å². The molecule has 2 heteroatoms. The predicted molar refractivity (Wildman–Crippen MR) is 66.3 cm³/mol. The van der Waals surface area contributed by atoms with Gasteiger partial charge in [-0.05, 0) is 24.3 Å². The Hall–Kier alpha value is -0.860. The minimum Gasteiger partial charge on any atom is -0.390 e. The van der Waals surface area contributed by atoms with Gasteiger partial charge in [-0.2, -0.15) is 0 Å². The molecule has 2 atom stereocenters. The highest BCUT2D eigenvalue weighted by Gasteiger charge is 2.20. The van der Waals surface area contributed by atoms with Crippen LogP contribution in [0, 0.1) is 5.92 Å². The Bertz CT molecular complexity index is 282. The summed E-state index contributed by atoms with van der Waals surface area (Å²) in [6, 6.07) is 9.89. The van der Waals surface area contributed by atoms with Gasteiger partial charge in [0.25, 0.3) is 0 Å². The van der Waals surface area contributed by atoms with E-state index in [0.29, 0.717) is 5.92 Å². The van der Waals surface area contributed by atoms with E-state index in [-0.39, 0.29) is 6.10 Å². The summed E-state index contributed by atoms with van der Waals surface area (Å²) in [6.45, 7) is 4.33. The van der Waals surface area contributed by atoms with Crippen molar-refractivity contribution in [2.45, 2.75) is 38.9 Å². The summed E-state index contributed by atoms with van der Waals surface area (Å²) in [5, 5.41) is 10.1. The smallest absolute Gasteiger partial charge is 0.108 e. The topological polar surface area (TPSA) is 29.5 Å². The van der Waals surface area contributed by atoms with Gasteiger partial charge < -0.3 is 9.84 Å². The molecule has 0 heterocycles. The minimum atomic E-state index is -0.421. The van der Waals surface area contributed by atoms with E-state index < -0.39 is 6.10 Å². The van der Waals surface area contributed by atoms with Crippen LogP contribution in [0.1, 0.15) is 38.4 Å². The Morgan fingerprint density at radius 1 is 1.12 bits per heavy atom. The molecule has 2 nitrogen and oxygen atoms in total. The number of aliphatic hydroxyl groups is 1. The number of ether oxygens (including phenoxy) is 1. The highest BCUT2D eigenvalue weighted by Crippen LogP contribution is 2.24. The van der Waals surface area contributed by atoms with Gasteiger partial charge in [0.05, 0.1) is 6.10 Å². The van der Waals surface area contributed by atoms with E-state index >= 15 is 0 Å². The summed E-state index contributed by atoms with van der Waals surface area (Å²) in [6.07, 6.45) is 1.17. The van der Waals surface area contributed by atoms with Crippen LogP contribution in [-0.4, -0.2) is 18.3 Å². The van der Waals surface area contributed by atoms with Crippen molar-refractivity contribution in [1.82, 2.24) is 0 Å². The number of aliphatic hydroxyl groups excluding tert-OH is 1. The van der Waals surface area contributed by atoms with Crippen LogP contribution in [0.2, 0.25) is 0 Å². The lowest BCUT2D eigenvalue weighted by Crippen LogP contribution is -2.20. The highest BCUT2D eigenvalue weighted by atomic mass is 16.5. The Morgan fingerprint density at radius 2 is 1.75 bits per heavy atom. The average Bonchev–Trinajstić information content (AvgIpc) is 2.29. The average molecular weight is 222 g/mol. The lowest BCUT2D eigenvalue weighted by atomic mass is 9.97. The SMILES string of the molecule is COC(c1ccccc1)C(O)CCC(C)C. The molecule has 2 unspecified atom stereocenters. The summed E-state index contributed by atoms with van der Waals surface area (Å²) >= 11 is 0. The van der Waals surface area contributed by atoms with Gasteiger partial charge in [-0.3, -0.25) is 0 Å². The third-order valence-corrected chi connectivity index (χ3v) is 2.77. The van der Waals surface area contributed by atoms with E-state index in [0.717, 1.165) is 18.4 Å². The zero-order chi connectivity index (χ0) is 12.0. The van der Waals surface area contributed by atoms with E-state index in [4.69, 9.17) is 4.74 Å². The first-order valence-electron chi connectivity index (χ1n) is 5.91. The van der Waals surface area contributed by atoms with E-state index in [9.17, 15) is 5.11 Å². The fourth-order valence-electron chi connectivity index (χ4n) is 1.81. The van der Waals surface area contributed by atoms with Gasteiger partial charge in [-0.15, -0.1) is 0 Å². The second kappa shape index (κ2) is 6.66. The molecule has 1 N–H and O–H groups in total. The Balaban J connectivity index is 2.60. The zero-order valence-electron chi connectivity index (χ0n) is 10.4. The molecule has 0 radical (unpaired) electrons. The third-order valence-electron chi connectivity index (χ3n) is 2.77. The van der Waals surface area contributed by atoms with Gasteiger partial charge in [0.15, 0.2) is 0 Å². The standard InChI is InChI=1S/C14H22O2/c1-11(2)9-10-13(15)14(16-3)12-7-5-4-6-8-12/h4-8,11,13-15H,9-10H2,1-3H3. The van der Waals surface area contributed by atoms with Gasteiger partial charge in [0, 0.05) is 7.11 Å². The maximum Gasteiger partial charge on any atom is 0.108 e. The van der Waals surface area contributed by atoms with E-state index in [1.54, 1.807) is 7.11 Å². The van der Waals surface area contributed by atoms with Gasteiger partial charge in [-0.1, -0.05) is 44.2 Å². The molecule has 90 valence electrons. The number of hydrogen-bond donors (Lipinski definition) is 1. The monoisotopic (exact) mass is 222 g/mol. The molecule has 0 aromatic heterocycles. The maximum absolute atomic E-state index is 10.1. The molecule has 16 heavy (non-hydrogen) atoms. The molecule has 0 aliphatic heterocycles. The first-order chi connectivity index (χ1) is 7.65. The molecule has 1 rings (SSSR count). The first kappa shape index (κ1) is 13.2. The van der Waals surface area contributed by atoms with Crippen molar-refractivity contribution in [1.29, 1.82) is 0 Å². The van der Waals surface area contributed by atoms with Crippen LogP contribution in [0.4, 0.5) is 0 Å². The predicted octanol–water partition coefficient (Wildman–Crippen LogP) is 3.17. The summed E-state index contributed by atoms with van der Waals surface area (Å²) in [4.78, 5) is 0. The molecule has 0 aliphatic carbocycles. The van der Waals surface area contributed by atoms with Crippen LogP contribution in [0.5, 0.6) is 0 Å². The third kappa shape index (κ3) is 3.95. The molecular weight excluding hydrogens is 200 g/mol. The summed E-state index contributed by atoms with van der Waals surface area (Å²) in [5.41, 5.74) is 1.04. The summed E-state index contributed by atoms with van der Waals surface area (Å²) in [7, 11) is 1.65. The first-order valence-corrected chi connectivity index (χ1v) is 5.91. The molecular formula is C14H22O2. The lowest BCUT2D eigenvalue weighted by molar-refractivity contribution is -0.0194. The molecule has 0 bridgehead atoms. The number of rotatable bonds is 6. The van der Waals surface area contributed by atoms with Crippen molar-refractivity contribution in [3.8, 4) is 0 Å². The summed E-state index contributed by atoms with van der Waals surface area (Å²) < 4.78 is 5.38. The Morgan fingerprint density at radius 3 is 2.25 bits per heavy atom. The molecule has 0 saturated heterocycles. The van der Waals surface area contributed by atoms with Crippen molar-refractivity contribution in [2.24, 2.45) is 5.92 Å². The second-order valence-corrected chi connectivity index (χ2v) is 4.61. The number of benzene rings is 1. The number of hydrogen-bond acceptors (Lipinski definition) is 2. The van der Waals surface area contributed by atoms with Crippen LogP contribution in [0.15, 0.2) is 30.3 Å². The molecule has 0 aliphatic rings. The van der Waals surface area contributed by atoms with Crippen LogP contribution in [0.3, 0.4) is 0 Å². The van der Waals surface area contributed by atoms with Crippen LogP contribution >= 0.6 is 0 Å². The van der Waals surface area contributed by atoms with Crippen molar-refractivity contribution >= 4 is 0 Å². The van der Waals surface area contributed by atoms with Crippen molar-refractivity contribution in [3.05, 3.63) is 35.9 Å². The molecule has 0 amide bonds. The van der Waals surface area contributed by atoms with Crippen molar-refractivity contribution < 1.29 is 9.84 Å². The number of methoxy groups -OCH3 is 1. The van der Waals surface area contributed by atoms with E-state index in [1.807, 2.05) is 30.3 Å². The molecule has 0 fully saturated rings. The zero-order valence-corrected chi connectivity index (χ0v) is 10.4. The van der Waals surface area contributed by atoms with Crippen LogP contribution < -0.4 is 0 Å². The van der Waals surface area contributed by atoms with Gasteiger partial charge >= 0.3 is 0 Å². The molecule has 0 saturated carbocycles. The van der Waals surface area contributed by atoms with Gasteiger partial charge in [0.1, 0.15) is 6.10 Å². The lowest BCUT2D eigenvalue weighted by Gasteiger charge is -2.22. The van der Waals surface area contributed by atoms with E-state index in [2.05, 4.69) is 13.8 Å². The summed E-state index contributed by atoms with van der Waals surface area (Å²) in [5.74, 6) is 0.614. The fraction of sp³-hybridized carbons (Fsp3) is 0.571. The molecule has 0 spiro atoms. The second-order valence-electron chi connectivity index (χ2n) is 4.61. The normalized spacial score (nSPS) is 15.1. The fourth-order valence-corrected chi connectivity index (χ4v) is 1.81.